The van der Waals surface area contributed by atoms with E-state index in [-0.39, 0.29) is 16.7 Å². The number of anilines is 1. The van der Waals surface area contributed by atoms with E-state index in [1.54, 1.807) is 19.1 Å². The van der Waals surface area contributed by atoms with E-state index in [0.717, 1.165) is 0 Å². The number of hydrogen-bond acceptors (Lipinski definition) is 5. The number of rotatable bonds is 6. The van der Waals surface area contributed by atoms with Gasteiger partial charge in [-0.05, 0) is 30.5 Å². The van der Waals surface area contributed by atoms with Gasteiger partial charge in [0.05, 0.1) is 18.1 Å². The van der Waals surface area contributed by atoms with Crippen LogP contribution in [0.4, 0.5) is 5.69 Å². The maximum Gasteiger partial charge on any atom is 0.247 e. The smallest absolute Gasteiger partial charge is 0.247 e. The van der Waals surface area contributed by atoms with Crippen molar-refractivity contribution in [2.24, 2.45) is 5.92 Å². The van der Waals surface area contributed by atoms with E-state index < -0.39 is 22.0 Å². The van der Waals surface area contributed by atoms with Crippen molar-refractivity contribution >= 4 is 27.5 Å². The first-order chi connectivity index (χ1) is 12.6. The third-order valence-electron chi connectivity index (χ3n) is 4.35. The summed E-state index contributed by atoms with van der Waals surface area (Å²) in [5.41, 5.74) is 0.968. The minimum absolute atomic E-state index is 0.115. The summed E-state index contributed by atoms with van der Waals surface area (Å²) in [6, 6.07) is 4.06. The molecule has 1 fully saturated rings. The van der Waals surface area contributed by atoms with E-state index in [4.69, 9.17) is 4.74 Å². The summed E-state index contributed by atoms with van der Waals surface area (Å²) >= 11 is 0. The Morgan fingerprint density at radius 3 is 2.37 bits per heavy atom. The van der Waals surface area contributed by atoms with Gasteiger partial charge in [0.1, 0.15) is 6.04 Å². The molecule has 0 radical (unpaired) electrons. The van der Waals surface area contributed by atoms with Crippen LogP contribution in [0.1, 0.15) is 26.3 Å². The average molecular weight is 397 g/mol. The summed E-state index contributed by atoms with van der Waals surface area (Å²) in [6.07, 6.45) is 0. The maximum atomic E-state index is 12.9. The zero-order valence-corrected chi connectivity index (χ0v) is 16.9. The van der Waals surface area contributed by atoms with E-state index in [9.17, 15) is 18.0 Å². The van der Waals surface area contributed by atoms with Crippen LogP contribution in [0.3, 0.4) is 0 Å². The van der Waals surface area contributed by atoms with E-state index >= 15 is 0 Å². The Kier molecular flexibility index (Phi) is 6.96. The molecule has 0 aliphatic carbocycles. The highest BCUT2D eigenvalue weighted by molar-refractivity contribution is 7.89. The summed E-state index contributed by atoms with van der Waals surface area (Å²) in [5.74, 6) is -0.807. The molecule has 1 aromatic rings. The molecule has 1 heterocycles. The number of amides is 2. The number of carbonyl (C=O) groups is 2. The van der Waals surface area contributed by atoms with Crippen molar-refractivity contribution in [2.45, 2.75) is 38.6 Å². The predicted molar refractivity (Wildman–Crippen MR) is 102 cm³/mol. The van der Waals surface area contributed by atoms with Gasteiger partial charge < -0.3 is 15.4 Å². The highest BCUT2D eigenvalue weighted by Gasteiger charge is 2.29. The Balaban J connectivity index is 2.26. The van der Waals surface area contributed by atoms with E-state index in [2.05, 4.69) is 10.6 Å². The van der Waals surface area contributed by atoms with Gasteiger partial charge in [0.2, 0.25) is 21.8 Å². The number of ether oxygens (including phenoxy) is 1. The molecule has 8 nitrogen and oxygen atoms in total. The second-order valence-electron chi connectivity index (χ2n) is 6.91. The number of aryl methyl sites for hydroxylation is 1. The SMILES string of the molecule is CC(=O)NC(C(=O)Nc1ccc(C)c(S(=O)(=O)N2CCOCC2)c1)C(C)C. The molecule has 1 unspecified atom stereocenters. The first-order valence-electron chi connectivity index (χ1n) is 8.89. The van der Waals surface area contributed by atoms with Gasteiger partial charge in [-0.2, -0.15) is 4.31 Å². The minimum Gasteiger partial charge on any atom is -0.379 e. The van der Waals surface area contributed by atoms with Gasteiger partial charge in [-0.15, -0.1) is 0 Å². The number of nitrogens with one attached hydrogen (secondary N) is 2. The van der Waals surface area contributed by atoms with Crippen molar-refractivity contribution in [1.82, 2.24) is 9.62 Å². The lowest BCUT2D eigenvalue weighted by Gasteiger charge is -2.27. The van der Waals surface area contributed by atoms with Gasteiger partial charge in [0.25, 0.3) is 0 Å². The van der Waals surface area contributed by atoms with Crippen molar-refractivity contribution < 1.29 is 22.7 Å². The molecule has 1 atom stereocenters. The Morgan fingerprint density at radius 1 is 1.19 bits per heavy atom. The molecular weight excluding hydrogens is 370 g/mol. The summed E-state index contributed by atoms with van der Waals surface area (Å²) in [5, 5.41) is 5.33. The van der Waals surface area contributed by atoms with Crippen molar-refractivity contribution in [3.05, 3.63) is 23.8 Å². The lowest BCUT2D eigenvalue weighted by atomic mass is 10.0. The molecule has 150 valence electrons. The Labute approximate surface area is 160 Å². The molecule has 1 aromatic carbocycles. The monoisotopic (exact) mass is 397 g/mol. The van der Waals surface area contributed by atoms with Gasteiger partial charge >= 0.3 is 0 Å². The van der Waals surface area contributed by atoms with Gasteiger partial charge in [-0.1, -0.05) is 19.9 Å². The van der Waals surface area contributed by atoms with Crippen molar-refractivity contribution in [3.63, 3.8) is 0 Å². The van der Waals surface area contributed by atoms with E-state index in [1.807, 2.05) is 13.8 Å². The van der Waals surface area contributed by atoms with Crippen LogP contribution >= 0.6 is 0 Å². The number of nitrogens with zero attached hydrogens (tertiary/aromatic N) is 1. The Morgan fingerprint density at radius 2 is 1.81 bits per heavy atom. The van der Waals surface area contributed by atoms with Crippen LogP contribution < -0.4 is 10.6 Å². The highest BCUT2D eigenvalue weighted by Crippen LogP contribution is 2.24. The van der Waals surface area contributed by atoms with Gasteiger partial charge in [0.15, 0.2) is 0 Å². The topological polar surface area (TPSA) is 105 Å². The third-order valence-corrected chi connectivity index (χ3v) is 6.39. The molecule has 2 rings (SSSR count). The number of sulfonamides is 1. The molecular formula is C18H27N3O5S. The average Bonchev–Trinajstić information content (AvgIpc) is 2.61. The van der Waals surface area contributed by atoms with Crippen LogP contribution in [-0.2, 0) is 24.3 Å². The zero-order valence-electron chi connectivity index (χ0n) is 16.1. The van der Waals surface area contributed by atoms with Crippen LogP contribution in [0.15, 0.2) is 23.1 Å². The molecule has 1 aliphatic heterocycles. The van der Waals surface area contributed by atoms with Gasteiger partial charge in [-0.3, -0.25) is 9.59 Å². The van der Waals surface area contributed by atoms with Crippen molar-refractivity contribution in [2.75, 3.05) is 31.6 Å². The van der Waals surface area contributed by atoms with Crippen LogP contribution in [0.2, 0.25) is 0 Å². The summed E-state index contributed by atoms with van der Waals surface area (Å²) in [7, 11) is -3.67. The molecule has 2 N–H and O–H groups in total. The quantitative estimate of drug-likeness (QED) is 0.748. The summed E-state index contributed by atoms with van der Waals surface area (Å²) < 4.78 is 32.5. The summed E-state index contributed by atoms with van der Waals surface area (Å²) in [4.78, 5) is 24.0. The fraction of sp³-hybridized carbons (Fsp3) is 0.556. The van der Waals surface area contributed by atoms with Crippen LogP contribution in [0.5, 0.6) is 0 Å². The van der Waals surface area contributed by atoms with Crippen LogP contribution in [0.25, 0.3) is 0 Å². The van der Waals surface area contributed by atoms with E-state index in [0.29, 0.717) is 37.6 Å². The highest BCUT2D eigenvalue weighted by atomic mass is 32.2. The largest absolute Gasteiger partial charge is 0.379 e. The Hall–Kier alpha value is -1.97. The third kappa shape index (κ3) is 5.27. The standard InChI is InChI=1S/C18H27N3O5S/c1-12(2)17(19-14(4)22)18(23)20-15-6-5-13(3)16(11-15)27(24,25)21-7-9-26-10-8-21/h5-6,11-12,17H,7-10H2,1-4H3,(H,19,22)(H,20,23). The van der Waals surface area contributed by atoms with Gasteiger partial charge in [-0.25, -0.2) is 8.42 Å². The molecule has 0 bridgehead atoms. The fourth-order valence-electron chi connectivity index (χ4n) is 2.86. The number of hydrogen-bond donors (Lipinski definition) is 2. The second kappa shape index (κ2) is 8.81. The summed E-state index contributed by atoms with van der Waals surface area (Å²) in [6.45, 7) is 8.04. The molecule has 2 amide bonds. The van der Waals surface area contributed by atoms with Gasteiger partial charge in [0, 0.05) is 25.7 Å². The minimum atomic E-state index is -3.67. The molecule has 27 heavy (non-hydrogen) atoms. The van der Waals surface area contributed by atoms with Crippen molar-refractivity contribution in [1.29, 1.82) is 0 Å². The zero-order chi connectivity index (χ0) is 20.2. The second-order valence-corrected chi connectivity index (χ2v) is 8.81. The first-order valence-corrected chi connectivity index (χ1v) is 10.3. The molecule has 0 spiro atoms. The van der Waals surface area contributed by atoms with E-state index in [1.165, 1.54) is 17.3 Å². The number of benzene rings is 1. The lowest BCUT2D eigenvalue weighted by molar-refractivity contribution is -0.126. The predicted octanol–water partition coefficient (Wildman–Crippen LogP) is 1.12. The number of morpholine rings is 1. The maximum absolute atomic E-state index is 12.9. The molecule has 9 heteroatoms. The van der Waals surface area contributed by atoms with Crippen molar-refractivity contribution in [3.8, 4) is 0 Å². The number of carbonyl (C=O) groups excluding carboxylic acids is 2. The normalized spacial score (nSPS) is 16.8. The fourth-order valence-corrected chi connectivity index (χ4v) is 4.51. The van der Waals surface area contributed by atoms with Crippen LogP contribution in [-0.4, -0.2) is 56.9 Å². The van der Waals surface area contributed by atoms with Crippen LogP contribution in [0, 0.1) is 12.8 Å². The molecule has 0 saturated carbocycles. The molecule has 0 aromatic heterocycles. The molecule has 1 aliphatic rings. The lowest BCUT2D eigenvalue weighted by Crippen LogP contribution is -2.46. The molecule has 1 saturated heterocycles. The Bertz CT molecular complexity index is 801. The first kappa shape index (κ1) is 21.3.